The monoisotopic (exact) mass is 1160 g/mol. The molecule has 0 aromatic carbocycles. The Morgan fingerprint density at radius 2 is 1.20 bits per heavy atom. The summed E-state index contributed by atoms with van der Waals surface area (Å²) >= 11 is 0. The number of nitrogens with two attached hydrogens (primary N) is 4. The number of nitrogens with one attached hydrogen (secondary N) is 2. The van der Waals surface area contributed by atoms with Crippen molar-refractivity contribution < 1.29 is 108 Å². The molecule has 0 amide bonds. The van der Waals surface area contributed by atoms with E-state index in [-0.39, 0.29) is 57.2 Å². The summed E-state index contributed by atoms with van der Waals surface area (Å²) in [7, 11) is -21.0. The number of rotatable bonds is 19. The van der Waals surface area contributed by atoms with Crippen molar-refractivity contribution in [1.29, 1.82) is 0 Å². The number of methoxy groups -OCH3 is 1. The molecule has 6 aromatic heterocycles. The highest BCUT2D eigenvalue weighted by atomic mass is 31.3. The molecule has 6 aromatic rings. The fourth-order valence-electron chi connectivity index (χ4n) is 8.37. The number of aromatic amines is 2. The lowest BCUT2D eigenvalue weighted by Crippen LogP contribution is -2.46. The highest BCUT2D eigenvalue weighted by molar-refractivity contribution is 7.66. The molecule has 44 heteroatoms. The molecule has 16 atom stereocenters. The van der Waals surface area contributed by atoms with Gasteiger partial charge in [-0.05, 0) is 0 Å². The van der Waals surface area contributed by atoms with Crippen molar-refractivity contribution >= 4 is 88.4 Å². The van der Waals surface area contributed by atoms with E-state index in [1.165, 1.54) is 17.9 Å². The standard InChI is InChI=1S/C32H44N16O24P4/c1-45-8-48(24-14(45)26(54)44-32(36)42-24)28-18(52)16(50)10(68-28)4-65-74(57,58)71-76(61,62)72-75(59,60)66-5-11-19(20(63-2)29(69-11)47-6-37-12-21(33)39-30(34)40-22(12)47)70-73(55,56)64-3-9-15(49)17(51)27(67-9)46-7-38-13-23(46)41-31(35)43-25(13)53/h6-11,15-20,27-29,49-52H,3-5H2,1-2H3,(H13-,33,34,35,36,39,40,41,42,43,44,53,54,55,56,57,58,59,60,61,62)/p+1/t9-,10-,11-,15?,16+,17+,18?,19?,20+,27-,28-,29-/m1/s1. The van der Waals surface area contributed by atoms with Gasteiger partial charge in [0.15, 0.2) is 41.4 Å². The average Bonchev–Trinajstić information content (AvgIpc) is 4.17. The first-order valence-electron chi connectivity index (χ1n) is 21.4. The van der Waals surface area contributed by atoms with Crippen LogP contribution in [0.15, 0.2) is 28.6 Å². The van der Waals surface area contributed by atoms with Crippen molar-refractivity contribution in [2.75, 3.05) is 49.9 Å². The number of aromatic nitrogens is 12. The molecule has 3 aliphatic rings. The summed E-state index contributed by atoms with van der Waals surface area (Å²) in [5.74, 6) is -1.18. The molecule has 416 valence electrons. The summed E-state index contributed by atoms with van der Waals surface area (Å²) in [4.78, 5) is 95.6. The predicted molar refractivity (Wildman–Crippen MR) is 243 cm³/mol. The summed E-state index contributed by atoms with van der Waals surface area (Å²) in [6, 6.07) is 0. The summed E-state index contributed by atoms with van der Waals surface area (Å²) in [5.41, 5.74) is 21.0. The lowest BCUT2D eigenvalue weighted by atomic mass is 10.1. The summed E-state index contributed by atoms with van der Waals surface area (Å²) in [6.45, 7) is -3.45. The molecule has 18 N–H and O–H groups in total. The van der Waals surface area contributed by atoms with Gasteiger partial charge < -0.3 is 81.9 Å². The minimum atomic E-state index is -6.22. The fraction of sp³-hybridized carbons (Fsp3) is 0.531. The van der Waals surface area contributed by atoms with Gasteiger partial charge in [0.25, 0.3) is 17.1 Å². The van der Waals surface area contributed by atoms with Gasteiger partial charge in [-0.15, -0.1) is 0 Å². The summed E-state index contributed by atoms with van der Waals surface area (Å²) in [5, 5.41) is 43.2. The third kappa shape index (κ3) is 10.9. The Kier molecular flexibility index (Phi) is 14.9. The highest BCUT2D eigenvalue weighted by Gasteiger charge is 2.54. The van der Waals surface area contributed by atoms with Crippen molar-refractivity contribution in [3.8, 4) is 0 Å². The largest absolute Gasteiger partial charge is 0.490 e. The lowest BCUT2D eigenvalue weighted by Gasteiger charge is -2.26. The number of phosphoric ester groups is 3. The maximum absolute atomic E-state index is 13.7. The van der Waals surface area contributed by atoms with Crippen LogP contribution in [0.1, 0.15) is 18.7 Å². The molecule has 0 radical (unpaired) electrons. The van der Waals surface area contributed by atoms with Gasteiger partial charge in [-0.2, -0.15) is 23.6 Å². The van der Waals surface area contributed by atoms with Gasteiger partial charge in [-0.3, -0.25) is 51.4 Å². The van der Waals surface area contributed by atoms with Crippen molar-refractivity contribution in [3.05, 3.63) is 39.7 Å². The van der Waals surface area contributed by atoms with Gasteiger partial charge in [0.05, 0.1) is 39.5 Å². The molecule has 0 bridgehead atoms. The number of phosphoric acid groups is 4. The first-order valence-corrected chi connectivity index (χ1v) is 27.4. The highest BCUT2D eigenvalue weighted by Crippen LogP contribution is 2.68. The quantitative estimate of drug-likeness (QED) is 0.0266. The Labute approximate surface area is 420 Å². The molecule has 0 spiro atoms. The second-order valence-electron chi connectivity index (χ2n) is 16.7. The SMILES string of the molecule is CO[C@H]1C(OP(=O)(O)OC[C@H]2O[C@@H](n3cnc4c(=O)[nH]c(N)nc43)[C@@H](O)C2O)[C@@H](COP(=O)(O)OP(=O)(O)OP(=O)(O)OC[C@H]2O[C@@H]([n+]3cn(C)c4c(=O)[nH]c(N)nc43)C(O)[C@H]2O)O[C@H]1n1cnc2c(N)nc(N)nc21. The first kappa shape index (κ1) is 55.4. The van der Waals surface area contributed by atoms with Gasteiger partial charge in [0, 0.05) is 7.11 Å². The molecule has 76 heavy (non-hydrogen) atoms. The molecule has 3 aliphatic heterocycles. The number of H-pyrrole nitrogens is 2. The Bertz CT molecular complexity index is 3520. The first-order chi connectivity index (χ1) is 35.6. The van der Waals surface area contributed by atoms with Crippen LogP contribution in [0.25, 0.3) is 33.5 Å². The molecular weight excluding hydrogens is 1120 g/mol. The summed E-state index contributed by atoms with van der Waals surface area (Å²) < 4.78 is 109. The Morgan fingerprint density at radius 3 is 1.86 bits per heavy atom. The Morgan fingerprint density at radius 1 is 0.658 bits per heavy atom. The minimum Gasteiger partial charge on any atom is -0.387 e. The number of aliphatic hydroxyl groups excluding tert-OH is 4. The van der Waals surface area contributed by atoms with Crippen molar-refractivity contribution in [3.63, 3.8) is 0 Å². The molecular formula is C32H45N16O24P4+. The van der Waals surface area contributed by atoms with E-state index in [0.717, 1.165) is 33.5 Å². The number of aliphatic hydroxyl groups is 4. The number of nitrogens with zero attached hydrogens (tertiary/aromatic N) is 10. The van der Waals surface area contributed by atoms with E-state index >= 15 is 0 Å². The number of fused-ring (bicyclic) bond motifs is 3. The Hall–Kier alpha value is -5.35. The normalized spacial score (nSPS) is 30.2. The second kappa shape index (κ2) is 20.5. The van der Waals surface area contributed by atoms with E-state index in [0.29, 0.717) is 0 Å². The second-order valence-corrected chi connectivity index (χ2v) is 22.7. The molecule has 9 heterocycles. The van der Waals surface area contributed by atoms with Crippen molar-refractivity contribution in [2.45, 2.75) is 73.6 Å². The maximum Gasteiger partial charge on any atom is 0.490 e. The van der Waals surface area contributed by atoms with E-state index in [1.54, 1.807) is 0 Å². The van der Waals surface area contributed by atoms with Crippen LogP contribution in [0.2, 0.25) is 0 Å². The molecule has 40 nitrogen and oxygen atoms in total. The Balaban J connectivity index is 0.870. The van der Waals surface area contributed by atoms with E-state index < -0.39 is 136 Å². The van der Waals surface area contributed by atoms with Crippen LogP contribution >= 0.6 is 31.3 Å². The van der Waals surface area contributed by atoms with Gasteiger partial charge in [0.2, 0.25) is 23.6 Å². The molecule has 3 fully saturated rings. The lowest BCUT2D eigenvalue weighted by molar-refractivity contribution is -0.745. The number of anilines is 4. The molecule has 7 unspecified atom stereocenters. The predicted octanol–water partition coefficient (Wildman–Crippen LogP) is -5.13. The third-order valence-electron chi connectivity index (χ3n) is 11.6. The minimum absolute atomic E-state index is 0.0279. The van der Waals surface area contributed by atoms with Crippen LogP contribution in [0.5, 0.6) is 0 Å². The molecule has 0 aliphatic carbocycles. The van der Waals surface area contributed by atoms with E-state index in [1.807, 2.05) is 0 Å². The van der Waals surface area contributed by atoms with Crippen molar-refractivity contribution in [1.82, 2.24) is 53.6 Å². The van der Waals surface area contributed by atoms with Crippen LogP contribution in [0.4, 0.5) is 23.7 Å². The zero-order valence-electron chi connectivity index (χ0n) is 38.5. The number of imidazole rings is 3. The summed E-state index contributed by atoms with van der Waals surface area (Å²) in [6.07, 6.45) is -17.2. The maximum atomic E-state index is 13.7. The zero-order chi connectivity index (χ0) is 55.1. The van der Waals surface area contributed by atoms with Crippen LogP contribution < -0.4 is 38.6 Å². The van der Waals surface area contributed by atoms with Crippen LogP contribution in [0.3, 0.4) is 0 Å². The number of ether oxygens (including phenoxy) is 4. The van der Waals surface area contributed by atoms with Gasteiger partial charge in [-0.25, -0.2) is 32.8 Å². The number of nitrogen functional groups attached to an aromatic ring is 4. The van der Waals surface area contributed by atoms with Crippen LogP contribution in [0, 0.1) is 0 Å². The molecule has 0 saturated carbocycles. The van der Waals surface area contributed by atoms with Crippen molar-refractivity contribution in [2.24, 2.45) is 7.05 Å². The fourth-order valence-corrected chi connectivity index (χ4v) is 12.9. The van der Waals surface area contributed by atoms with E-state index in [9.17, 15) is 67.8 Å². The van der Waals surface area contributed by atoms with E-state index in [2.05, 4.69) is 53.0 Å². The average molecular weight is 1160 g/mol. The van der Waals surface area contributed by atoms with E-state index in [4.69, 9.17) is 55.5 Å². The van der Waals surface area contributed by atoms with Gasteiger partial charge in [0.1, 0.15) is 60.5 Å². The third-order valence-corrected chi connectivity index (χ3v) is 16.9. The smallest absolute Gasteiger partial charge is 0.387 e. The topological polar surface area (TPSA) is 588 Å². The number of hydrogen-bond acceptors (Lipinski definition) is 30. The van der Waals surface area contributed by atoms with Gasteiger partial charge in [-0.1, -0.05) is 4.98 Å². The number of aryl methyl sites for hydroxylation is 1. The number of hydrogen-bond donors (Lipinski definition) is 14. The van der Waals surface area contributed by atoms with Crippen LogP contribution in [-0.2, 0) is 71.0 Å². The molecule has 3 saturated heterocycles. The van der Waals surface area contributed by atoms with Gasteiger partial charge >= 0.3 is 36.9 Å². The zero-order valence-corrected chi connectivity index (χ0v) is 42.0. The molecule has 9 rings (SSSR count). The van der Waals surface area contributed by atoms with Crippen LogP contribution in [-0.4, -0.2) is 175 Å².